The summed E-state index contributed by atoms with van der Waals surface area (Å²) in [6.45, 7) is 3.55. The normalized spacial score (nSPS) is 14.5. The van der Waals surface area contributed by atoms with Gasteiger partial charge in [0.15, 0.2) is 5.13 Å². The molecule has 40 heavy (non-hydrogen) atoms. The van der Waals surface area contributed by atoms with Crippen molar-refractivity contribution < 1.29 is 17.9 Å². The van der Waals surface area contributed by atoms with Crippen LogP contribution in [0.25, 0.3) is 10.2 Å². The molecule has 0 saturated heterocycles. The van der Waals surface area contributed by atoms with Crippen molar-refractivity contribution in [1.82, 2.24) is 14.2 Å². The van der Waals surface area contributed by atoms with Crippen molar-refractivity contribution in [2.24, 2.45) is 0 Å². The van der Waals surface area contributed by atoms with E-state index in [9.17, 15) is 13.2 Å². The molecule has 2 aromatic carbocycles. The molecule has 0 unspecified atom stereocenters. The molecule has 4 rings (SSSR count). The molecule has 0 bridgehead atoms. The number of carbonyl (C=O) groups is 1. The molecule has 220 valence electrons. The third kappa shape index (κ3) is 7.09. The molecule has 1 amide bonds. The molecule has 12 heteroatoms. The predicted molar refractivity (Wildman–Crippen MR) is 166 cm³/mol. The molecule has 1 aliphatic rings. The second kappa shape index (κ2) is 14.3. The summed E-state index contributed by atoms with van der Waals surface area (Å²) in [5, 5.41) is 1.06. The summed E-state index contributed by atoms with van der Waals surface area (Å²) in [5.41, 5.74) is 1.01. The topological polar surface area (TPSA) is 83.1 Å². The number of methoxy groups -OCH3 is 1. The van der Waals surface area contributed by atoms with Gasteiger partial charge in [0.2, 0.25) is 10.0 Å². The summed E-state index contributed by atoms with van der Waals surface area (Å²) in [5.74, 6) is 0.345. The fraction of sp³-hybridized carbons (Fsp3) is 0.500. The Morgan fingerprint density at radius 1 is 1.07 bits per heavy atom. The van der Waals surface area contributed by atoms with Gasteiger partial charge in [-0.25, -0.2) is 13.4 Å². The van der Waals surface area contributed by atoms with Gasteiger partial charge in [-0.1, -0.05) is 49.1 Å². The van der Waals surface area contributed by atoms with Gasteiger partial charge < -0.3 is 9.64 Å². The zero-order valence-corrected chi connectivity index (χ0v) is 26.6. The van der Waals surface area contributed by atoms with E-state index in [4.69, 9.17) is 21.3 Å². The number of benzene rings is 2. The van der Waals surface area contributed by atoms with Crippen molar-refractivity contribution in [3.05, 3.63) is 47.0 Å². The standard InChI is InChI=1S/C28H37ClN4O4S2.ClH/c1-5-33(21-10-7-6-8-11-21)39(35,36)22-14-12-20(13-15-22)27(34)32(19-9-18-31(2)3)28-30-25-24(37-4)17-16-23(29)26(25)38-28;/h12-17,21H,5-11,18-19H2,1-4H3;1H. The lowest BCUT2D eigenvalue weighted by Gasteiger charge is -2.32. The van der Waals surface area contributed by atoms with Crippen LogP contribution in [-0.4, -0.2) is 75.4 Å². The number of hydrogen-bond acceptors (Lipinski definition) is 7. The average Bonchev–Trinajstić information content (AvgIpc) is 3.38. The molecule has 1 fully saturated rings. The highest BCUT2D eigenvalue weighted by atomic mass is 35.5. The summed E-state index contributed by atoms with van der Waals surface area (Å²) >= 11 is 7.78. The first-order chi connectivity index (χ1) is 18.7. The van der Waals surface area contributed by atoms with Crippen LogP contribution in [0.4, 0.5) is 5.13 Å². The number of hydrogen-bond donors (Lipinski definition) is 0. The Balaban J connectivity index is 0.00000441. The van der Waals surface area contributed by atoms with Crippen LogP contribution in [0.5, 0.6) is 5.75 Å². The quantitative estimate of drug-likeness (QED) is 0.247. The van der Waals surface area contributed by atoms with Crippen LogP contribution in [0.3, 0.4) is 0 Å². The fourth-order valence-corrected chi connectivity index (χ4v) is 8.08. The molecule has 1 aliphatic carbocycles. The summed E-state index contributed by atoms with van der Waals surface area (Å²) in [7, 11) is 1.89. The Kier molecular flexibility index (Phi) is 11.6. The largest absolute Gasteiger partial charge is 0.494 e. The van der Waals surface area contributed by atoms with E-state index >= 15 is 0 Å². The first-order valence-electron chi connectivity index (χ1n) is 13.4. The Bertz CT molecular complexity index is 1390. The van der Waals surface area contributed by atoms with Crippen LogP contribution in [0, 0.1) is 0 Å². The third-order valence-electron chi connectivity index (χ3n) is 7.13. The van der Waals surface area contributed by atoms with Gasteiger partial charge in [0.25, 0.3) is 5.91 Å². The molecule has 0 aliphatic heterocycles. The molecule has 0 spiro atoms. The fourth-order valence-electron chi connectivity index (χ4n) is 5.10. The van der Waals surface area contributed by atoms with Gasteiger partial charge in [0.05, 0.1) is 21.7 Å². The highest BCUT2D eigenvalue weighted by Gasteiger charge is 2.31. The number of anilines is 1. The maximum absolute atomic E-state index is 13.8. The molecule has 0 atom stereocenters. The maximum atomic E-state index is 13.8. The van der Waals surface area contributed by atoms with Gasteiger partial charge in [-0.2, -0.15) is 4.31 Å². The zero-order valence-electron chi connectivity index (χ0n) is 23.4. The Labute approximate surface area is 252 Å². The van der Waals surface area contributed by atoms with E-state index in [-0.39, 0.29) is 29.3 Å². The molecule has 0 radical (unpaired) electrons. The molecule has 8 nitrogen and oxygen atoms in total. The highest BCUT2D eigenvalue weighted by molar-refractivity contribution is 7.89. The van der Waals surface area contributed by atoms with Gasteiger partial charge in [-0.05, 0) is 76.3 Å². The van der Waals surface area contributed by atoms with Crippen LogP contribution in [0.1, 0.15) is 55.8 Å². The van der Waals surface area contributed by atoms with Crippen molar-refractivity contribution in [3.63, 3.8) is 0 Å². The highest BCUT2D eigenvalue weighted by Crippen LogP contribution is 2.39. The maximum Gasteiger partial charge on any atom is 0.260 e. The van der Waals surface area contributed by atoms with Crippen LogP contribution in [-0.2, 0) is 10.0 Å². The number of carbonyl (C=O) groups excluding carboxylic acids is 1. The van der Waals surface area contributed by atoms with Crippen LogP contribution in [0.15, 0.2) is 41.3 Å². The van der Waals surface area contributed by atoms with Gasteiger partial charge in [-0.3, -0.25) is 9.69 Å². The van der Waals surface area contributed by atoms with E-state index in [0.29, 0.717) is 40.1 Å². The Hall–Kier alpha value is -1.95. The summed E-state index contributed by atoms with van der Waals surface area (Å²) < 4.78 is 34.8. The molecular formula is C28H38Cl2N4O4S2. The molecule has 1 heterocycles. The number of sulfonamides is 1. The van der Waals surface area contributed by atoms with Crippen molar-refractivity contribution in [2.45, 2.75) is 56.4 Å². The Morgan fingerprint density at radius 3 is 2.35 bits per heavy atom. The number of halogens is 2. The number of rotatable bonds is 11. The number of nitrogens with zero attached hydrogens (tertiary/aromatic N) is 4. The lowest BCUT2D eigenvalue weighted by Crippen LogP contribution is -2.41. The number of fused-ring (bicyclic) bond motifs is 1. The van der Waals surface area contributed by atoms with E-state index in [1.54, 1.807) is 52.7 Å². The van der Waals surface area contributed by atoms with E-state index in [2.05, 4.69) is 4.90 Å². The molecule has 3 aromatic rings. The van der Waals surface area contributed by atoms with E-state index in [0.717, 1.165) is 49.8 Å². The van der Waals surface area contributed by atoms with Crippen molar-refractivity contribution in [2.75, 3.05) is 45.7 Å². The lowest BCUT2D eigenvalue weighted by atomic mass is 9.95. The minimum Gasteiger partial charge on any atom is -0.494 e. The van der Waals surface area contributed by atoms with Crippen molar-refractivity contribution in [3.8, 4) is 5.75 Å². The Morgan fingerprint density at radius 2 is 1.75 bits per heavy atom. The van der Waals surface area contributed by atoms with Crippen molar-refractivity contribution >= 4 is 66.6 Å². The molecule has 0 N–H and O–H groups in total. The smallest absolute Gasteiger partial charge is 0.260 e. The number of thiazole rings is 1. The van der Waals surface area contributed by atoms with Crippen molar-refractivity contribution in [1.29, 1.82) is 0 Å². The predicted octanol–water partition coefficient (Wildman–Crippen LogP) is 6.32. The number of aromatic nitrogens is 1. The first-order valence-corrected chi connectivity index (χ1v) is 16.0. The molecular weight excluding hydrogens is 591 g/mol. The van der Waals surface area contributed by atoms with E-state index in [1.165, 1.54) is 11.3 Å². The second-order valence-corrected chi connectivity index (χ2v) is 13.3. The van der Waals surface area contributed by atoms with Crippen LogP contribution >= 0.6 is 35.3 Å². The zero-order chi connectivity index (χ0) is 28.2. The summed E-state index contributed by atoms with van der Waals surface area (Å²) in [4.78, 5) is 22.4. The summed E-state index contributed by atoms with van der Waals surface area (Å²) in [6.07, 6.45) is 5.78. The first kappa shape index (κ1) is 32.6. The van der Waals surface area contributed by atoms with E-state index in [1.807, 2.05) is 21.0 Å². The second-order valence-electron chi connectivity index (χ2n) is 10.1. The number of amides is 1. The summed E-state index contributed by atoms with van der Waals surface area (Å²) in [6, 6.07) is 9.85. The van der Waals surface area contributed by atoms with Gasteiger partial charge in [-0.15, -0.1) is 12.4 Å². The monoisotopic (exact) mass is 628 g/mol. The number of ether oxygens (including phenoxy) is 1. The third-order valence-corrected chi connectivity index (χ3v) is 10.7. The van der Waals surface area contributed by atoms with Gasteiger partial charge in [0, 0.05) is 24.7 Å². The van der Waals surface area contributed by atoms with E-state index < -0.39 is 10.0 Å². The van der Waals surface area contributed by atoms with Crippen LogP contribution < -0.4 is 9.64 Å². The lowest BCUT2D eigenvalue weighted by molar-refractivity contribution is 0.0986. The molecule has 1 aromatic heterocycles. The molecule has 1 saturated carbocycles. The minimum atomic E-state index is -3.66. The average molecular weight is 630 g/mol. The minimum absolute atomic E-state index is 0. The van der Waals surface area contributed by atoms with Crippen LogP contribution in [0.2, 0.25) is 5.02 Å². The van der Waals surface area contributed by atoms with Gasteiger partial charge >= 0.3 is 0 Å². The van der Waals surface area contributed by atoms with Gasteiger partial charge in [0.1, 0.15) is 11.3 Å². The SMILES string of the molecule is CCN(C1CCCCC1)S(=O)(=O)c1ccc(C(=O)N(CCCN(C)C)c2nc3c(OC)ccc(Cl)c3s2)cc1.Cl.